The summed E-state index contributed by atoms with van der Waals surface area (Å²) in [5.41, 5.74) is 7.98. The third kappa shape index (κ3) is 2.09. The number of nitrogen functional groups attached to an aromatic ring is 1. The maximum Gasteiger partial charge on any atom is 0.251 e. The van der Waals surface area contributed by atoms with E-state index in [-0.39, 0.29) is 0 Å². The SMILES string of the molecule is COc1ccccc1-c1nnc(-c2ccccc2N)o1. The smallest absolute Gasteiger partial charge is 0.251 e. The summed E-state index contributed by atoms with van der Waals surface area (Å²) in [6.45, 7) is 0. The van der Waals surface area contributed by atoms with Crippen LogP contribution in [0.3, 0.4) is 0 Å². The third-order valence-electron chi connectivity index (χ3n) is 2.95. The van der Waals surface area contributed by atoms with Crippen molar-refractivity contribution in [1.29, 1.82) is 0 Å². The summed E-state index contributed by atoms with van der Waals surface area (Å²) in [5, 5.41) is 8.11. The number of nitrogens with zero attached hydrogens (tertiary/aromatic N) is 2. The van der Waals surface area contributed by atoms with E-state index >= 15 is 0 Å². The van der Waals surface area contributed by atoms with Crippen LogP contribution in [0.2, 0.25) is 0 Å². The molecule has 0 saturated carbocycles. The average Bonchev–Trinajstić information content (AvgIpc) is 2.97. The number of anilines is 1. The van der Waals surface area contributed by atoms with Crippen molar-refractivity contribution in [3.05, 3.63) is 48.5 Å². The molecule has 0 radical (unpaired) electrons. The predicted molar refractivity (Wildman–Crippen MR) is 76.1 cm³/mol. The van der Waals surface area contributed by atoms with Gasteiger partial charge in [-0.25, -0.2) is 0 Å². The summed E-state index contributed by atoms with van der Waals surface area (Å²) in [6.07, 6.45) is 0. The van der Waals surface area contributed by atoms with E-state index in [1.165, 1.54) is 0 Å². The maximum atomic E-state index is 5.90. The van der Waals surface area contributed by atoms with Gasteiger partial charge in [-0.05, 0) is 24.3 Å². The van der Waals surface area contributed by atoms with Gasteiger partial charge in [0.2, 0.25) is 5.89 Å². The topological polar surface area (TPSA) is 74.2 Å². The zero-order valence-electron chi connectivity index (χ0n) is 10.9. The van der Waals surface area contributed by atoms with Gasteiger partial charge in [0.15, 0.2) is 0 Å². The quantitative estimate of drug-likeness (QED) is 0.738. The Bertz CT molecular complexity index is 737. The Morgan fingerprint density at radius 1 is 0.900 bits per heavy atom. The van der Waals surface area contributed by atoms with Gasteiger partial charge in [0, 0.05) is 5.69 Å². The fourth-order valence-corrected chi connectivity index (χ4v) is 1.95. The molecule has 2 aromatic carbocycles. The lowest BCUT2D eigenvalue weighted by Crippen LogP contribution is -1.88. The lowest BCUT2D eigenvalue weighted by atomic mass is 10.2. The minimum absolute atomic E-state index is 0.393. The van der Waals surface area contributed by atoms with E-state index in [1.54, 1.807) is 13.2 Å². The molecule has 2 N–H and O–H groups in total. The van der Waals surface area contributed by atoms with Crippen molar-refractivity contribution in [2.24, 2.45) is 0 Å². The van der Waals surface area contributed by atoms with Gasteiger partial charge in [0.05, 0.1) is 18.2 Å². The molecule has 3 rings (SSSR count). The zero-order chi connectivity index (χ0) is 13.9. The molecule has 0 aliphatic rings. The Kier molecular flexibility index (Phi) is 3.09. The number of aromatic nitrogens is 2. The van der Waals surface area contributed by atoms with Gasteiger partial charge in [-0.15, -0.1) is 10.2 Å². The standard InChI is InChI=1S/C15H13N3O2/c1-19-13-9-5-3-7-11(13)15-18-17-14(20-15)10-6-2-4-8-12(10)16/h2-9H,16H2,1H3. The summed E-state index contributed by atoms with van der Waals surface area (Å²) in [4.78, 5) is 0. The first kappa shape index (κ1) is 12.2. The Labute approximate surface area is 116 Å². The molecule has 0 atom stereocenters. The summed E-state index contributed by atoms with van der Waals surface area (Å²) < 4.78 is 11.0. The van der Waals surface area contributed by atoms with Crippen molar-refractivity contribution in [3.8, 4) is 28.7 Å². The van der Waals surface area contributed by atoms with Crippen LogP contribution in [0.5, 0.6) is 5.75 Å². The second kappa shape index (κ2) is 5.05. The Hall–Kier alpha value is -2.82. The first-order valence-corrected chi connectivity index (χ1v) is 6.11. The molecule has 5 nitrogen and oxygen atoms in total. The normalized spacial score (nSPS) is 10.4. The summed E-state index contributed by atoms with van der Waals surface area (Å²) in [6, 6.07) is 14.8. The van der Waals surface area contributed by atoms with Crippen LogP contribution in [-0.2, 0) is 0 Å². The highest BCUT2D eigenvalue weighted by atomic mass is 16.5. The van der Waals surface area contributed by atoms with Gasteiger partial charge >= 0.3 is 0 Å². The molecule has 0 spiro atoms. The van der Waals surface area contributed by atoms with E-state index in [0.717, 1.165) is 11.1 Å². The zero-order valence-corrected chi connectivity index (χ0v) is 10.9. The molecule has 0 fully saturated rings. The van der Waals surface area contributed by atoms with Crippen molar-refractivity contribution in [2.75, 3.05) is 12.8 Å². The second-order valence-corrected chi connectivity index (χ2v) is 4.20. The minimum Gasteiger partial charge on any atom is -0.496 e. The first-order chi connectivity index (χ1) is 9.79. The summed E-state index contributed by atoms with van der Waals surface area (Å²) >= 11 is 0. The van der Waals surface area contributed by atoms with Gasteiger partial charge in [-0.3, -0.25) is 0 Å². The monoisotopic (exact) mass is 267 g/mol. The second-order valence-electron chi connectivity index (χ2n) is 4.20. The molecule has 0 saturated heterocycles. The van der Waals surface area contributed by atoms with Gasteiger partial charge in [-0.2, -0.15) is 0 Å². The molecule has 0 bridgehead atoms. The van der Waals surface area contributed by atoms with Crippen LogP contribution in [0.1, 0.15) is 0 Å². The van der Waals surface area contributed by atoms with Gasteiger partial charge in [0.1, 0.15) is 5.75 Å². The van der Waals surface area contributed by atoms with Crippen LogP contribution in [0, 0.1) is 0 Å². The van der Waals surface area contributed by atoms with Crippen molar-refractivity contribution >= 4 is 5.69 Å². The molecular formula is C15H13N3O2. The Morgan fingerprint density at radius 3 is 2.20 bits per heavy atom. The van der Waals surface area contributed by atoms with Crippen molar-refractivity contribution in [2.45, 2.75) is 0 Å². The first-order valence-electron chi connectivity index (χ1n) is 6.11. The minimum atomic E-state index is 0.393. The van der Waals surface area contributed by atoms with Crippen molar-refractivity contribution in [3.63, 3.8) is 0 Å². The highest BCUT2D eigenvalue weighted by molar-refractivity contribution is 5.71. The molecule has 1 heterocycles. The fraction of sp³-hybridized carbons (Fsp3) is 0.0667. The molecule has 20 heavy (non-hydrogen) atoms. The van der Waals surface area contributed by atoms with Crippen LogP contribution in [-0.4, -0.2) is 17.3 Å². The molecule has 5 heteroatoms. The number of hydrogen-bond acceptors (Lipinski definition) is 5. The largest absolute Gasteiger partial charge is 0.496 e. The molecule has 0 unspecified atom stereocenters. The number of rotatable bonds is 3. The van der Waals surface area contributed by atoms with Crippen molar-refractivity contribution < 1.29 is 9.15 Å². The lowest BCUT2D eigenvalue weighted by Gasteiger charge is -2.03. The van der Waals surface area contributed by atoms with Crippen LogP contribution in [0.15, 0.2) is 52.9 Å². The number of methoxy groups -OCH3 is 1. The average molecular weight is 267 g/mol. The van der Waals surface area contributed by atoms with E-state index in [2.05, 4.69) is 10.2 Å². The number of para-hydroxylation sites is 2. The molecule has 0 aliphatic heterocycles. The van der Waals surface area contributed by atoms with Crippen LogP contribution in [0.25, 0.3) is 22.9 Å². The highest BCUT2D eigenvalue weighted by Gasteiger charge is 2.15. The number of benzene rings is 2. The molecular weight excluding hydrogens is 254 g/mol. The fourth-order valence-electron chi connectivity index (χ4n) is 1.95. The van der Waals surface area contributed by atoms with E-state index in [1.807, 2.05) is 42.5 Å². The molecule has 100 valence electrons. The third-order valence-corrected chi connectivity index (χ3v) is 2.95. The van der Waals surface area contributed by atoms with E-state index in [4.69, 9.17) is 14.9 Å². The lowest BCUT2D eigenvalue weighted by molar-refractivity contribution is 0.414. The molecule has 3 aromatic rings. The summed E-state index contributed by atoms with van der Waals surface area (Å²) in [7, 11) is 1.60. The van der Waals surface area contributed by atoms with Crippen molar-refractivity contribution in [1.82, 2.24) is 10.2 Å². The van der Waals surface area contributed by atoms with Crippen LogP contribution in [0.4, 0.5) is 5.69 Å². The number of hydrogen-bond donors (Lipinski definition) is 1. The van der Waals surface area contributed by atoms with Crippen LogP contribution >= 0.6 is 0 Å². The van der Waals surface area contributed by atoms with E-state index < -0.39 is 0 Å². The predicted octanol–water partition coefficient (Wildman–Crippen LogP) is 2.99. The Morgan fingerprint density at radius 2 is 1.50 bits per heavy atom. The highest BCUT2D eigenvalue weighted by Crippen LogP contribution is 2.31. The maximum absolute atomic E-state index is 5.90. The molecule has 1 aromatic heterocycles. The van der Waals surface area contributed by atoms with Gasteiger partial charge in [0.25, 0.3) is 5.89 Å². The van der Waals surface area contributed by atoms with Gasteiger partial charge < -0.3 is 14.9 Å². The molecule has 0 amide bonds. The number of ether oxygens (including phenoxy) is 1. The van der Waals surface area contributed by atoms with E-state index in [0.29, 0.717) is 23.2 Å². The number of nitrogens with two attached hydrogens (primary N) is 1. The summed E-state index contributed by atoms with van der Waals surface area (Å²) in [5.74, 6) is 1.48. The molecule has 0 aliphatic carbocycles. The Balaban J connectivity index is 2.05. The van der Waals surface area contributed by atoms with Crippen LogP contribution < -0.4 is 10.5 Å². The van der Waals surface area contributed by atoms with E-state index in [9.17, 15) is 0 Å². The van der Waals surface area contributed by atoms with Gasteiger partial charge in [-0.1, -0.05) is 24.3 Å².